The first-order valence-corrected chi connectivity index (χ1v) is 11.6. The zero-order valence-corrected chi connectivity index (χ0v) is 18.3. The van der Waals surface area contributed by atoms with Gasteiger partial charge in [-0.3, -0.25) is 0 Å². The summed E-state index contributed by atoms with van der Waals surface area (Å²) in [5.41, 5.74) is 10.8. The summed E-state index contributed by atoms with van der Waals surface area (Å²) < 4.78 is 12.4. The molecule has 154 valence electrons. The largest absolute Gasteiger partial charge is 0.486 e. The van der Waals surface area contributed by atoms with Gasteiger partial charge in [-0.1, -0.05) is 32.9 Å². The molecule has 0 radical (unpaired) electrons. The van der Waals surface area contributed by atoms with Gasteiger partial charge in [-0.2, -0.15) is 0 Å². The average molecular weight is 391 g/mol. The van der Waals surface area contributed by atoms with Crippen LogP contribution in [0.3, 0.4) is 0 Å². The fraction of sp³-hybridized carbons (Fsp3) is 0.556. The van der Waals surface area contributed by atoms with Crippen LogP contribution in [0.2, 0.25) is 0 Å². The van der Waals surface area contributed by atoms with Gasteiger partial charge in [-0.15, -0.1) is 0 Å². The van der Waals surface area contributed by atoms with Crippen molar-refractivity contribution in [2.45, 2.75) is 78.6 Å². The quantitative estimate of drug-likeness (QED) is 0.585. The number of aryl methyl sites for hydroxylation is 2. The molecule has 2 aromatic rings. The summed E-state index contributed by atoms with van der Waals surface area (Å²) in [4.78, 5) is 0. The maximum atomic E-state index is 6.33. The first-order valence-electron chi connectivity index (χ1n) is 11.6. The molecule has 2 aliphatic carbocycles. The lowest BCUT2D eigenvalue weighted by Gasteiger charge is -2.32. The molecule has 0 saturated carbocycles. The van der Waals surface area contributed by atoms with Gasteiger partial charge in [-0.25, -0.2) is 0 Å². The van der Waals surface area contributed by atoms with Crippen molar-refractivity contribution >= 4 is 0 Å². The molecule has 0 spiro atoms. The summed E-state index contributed by atoms with van der Waals surface area (Å²) in [7, 11) is 0. The van der Waals surface area contributed by atoms with Gasteiger partial charge in [0, 0.05) is 5.56 Å². The van der Waals surface area contributed by atoms with Gasteiger partial charge < -0.3 is 9.47 Å². The van der Waals surface area contributed by atoms with E-state index in [1.165, 1.54) is 79.2 Å². The minimum absolute atomic E-state index is 0.254. The van der Waals surface area contributed by atoms with Crippen molar-refractivity contribution < 1.29 is 9.47 Å². The number of rotatable bonds is 2. The van der Waals surface area contributed by atoms with E-state index >= 15 is 0 Å². The average Bonchev–Trinajstić information content (AvgIpc) is 2.71. The van der Waals surface area contributed by atoms with Crippen molar-refractivity contribution in [1.29, 1.82) is 0 Å². The summed E-state index contributed by atoms with van der Waals surface area (Å²) in [6.45, 7) is 8.37. The molecule has 0 N–H and O–H groups in total. The van der Waals surface area contributed by atoms with Crippen LogP contribution in [0, 0.1) is 5.41 Å². The molecule has 2 aromatic carbocycles. The number of hydrogen-bond acceptors (Lipinski definition) is 2. The van der Waals surface area contributed by atoms with E-state index in [9.17, 15) is 0 Å². The maximum Gasteiger partial charge on any atom is 0.169 e. The lowest BCUT2D eigenvalue weighted by Crippen LogP contribution is -2.20. The smallest absolute Gasteiger partial charge is 0.169 e. The molecule has 0 saturated heterocycles. The molecule has 5 rings (SSSR count). The SMILES string of the molecule is CC(C)(C)Cc1ccc2c(c1-c1c3c(cc4c1OCCO4)CCCC3)CCCC2. The minimum atomic E-state index is 0.254. The van der Waals surface area contributed by atoms with Gasteiger partial charge >= 0.3 is 0 Å². The zero-order valence-electron chi connectivity index (χ0n) is 18.3. The molecular formula is C27H34O2. The molecule has 0 fully saturated rings. The Morgan fingerprint density at radius 2 is 1.41 bits per heavy atom. The minimum Gasteiger partial charge on any atom is -0.486 e. The number of fused-ring (bicyclic) bond motifs is 3. The molecule has 0 atom stereocenters. The second-order valence-electron chi connectivity index (χ2n) is 10.3. The molecule has 0 aromatic heterocycles. The Morgan fingerprint density at radius 1 is 0.759 bits per heavy atom. The van der Waals surface area contributed by atoms with Gasteiger partial charge in [0.15, 0.2) is 11.5 Å². The van der Waals surface area contributed by atoms with Crippen LogP contribution in [-0.4, -0.2) is 13.2 Å². The van der Waals surface area contributed by atoms with Crippen molar-refractivity contribution in [2.75, 3.05) is 13.2 Å². The standard InChI is InChI=1S/C27H34O2/c1-27(2,3)17-20-13-12-18-8-4-6-10-21(18)24(20)25-22-11-7-5-9-19(22)16-23-26(25)29-15-14-28-23/h12-13,16H,4-11,14-15,17H2,1-3H3. The summed E-state index contributed by atoms with van der Waals surface area (Å²) >= 11 is 0. The Balaban J connectivity index is 1.81. The predicted octanol–water partition coefficient (Wildman–Crippen LogP) is 6.47. The van der Waals surface area contributed by atoms with Crippen LogP contribution in [0.5, 0.6) is 11.5 Å². The van der Waals surface area contributed by atoms with Gasteiger partial charge in [-0.05, 0) is 103 Å². The van der Waals surface area contributed by atoms with E-state index in [4.69, 9.17) is 9.47 Å². The summed E-state index contributed by atoms with van der Waals surface area (Å²) in [6.07, 6.45) is 11.0. The lowest BCUT2D eigenvalue weighted by atomic mass is 9.76. The van der Waals surface area contributed by atoms with Crippen LogP contribution in [0.4, 0.5) is 0 Å². The van der Waals surface area contributed by atoms with Gasteiger partial charge in [0.1, 0.15) is 13.2 Å². The molecule has 0 bridgehead atoms. The monoisotopic (exact) mass is 390 g/mol. The van der Waals surface area contributed by atoms with Crippen LogP contribution in [0.15, 0.2) is 18.2 Å². The second kappa shape index (κ2) is 7.38. The topological polar surface area (TPSA) is 18.5 Å². The Labute approximate surface area is 175 Å². The molecule has 0 unspecified atom stereocenters. The van der Waals surface area contributed by atoms with E-state index in [1.54, 1.807) is 11.1 Å². The molecule has 1 heterocycles. The van der Waals surface area contributed by atoms with Crippen LogP contribution in [-0.2, 0) is 32.1 Å². The van der Waals surface area contributed by atoms with E-state index in [1.807, 2.05) is 0 Å². The molecule has 2 nitrogen and oxygen atoms in total. The van der Waals surface area contributed by atoms with Crippen molar-refractivity contribution in [1.82, 2.24) is 0 Å². The van der Waals surface area contributed by atoms with Crippen molar-refractivity contribution in [3.63, 3.8) is 0 Å². The molecule has 29 heavy (non-hydrogen) atoms. The molecule has 1 aliphatic heterocycles. The molecular weight excluding hydrogens is 356 g/mol. The van der Waals surface area contributed by atoms with Gasteiger partial charge in [0.05, 0.1) is 0 Å². The highest BCUT2D eigenvalue weighted by Gasteiger charge is 2.30. The van der Waals surface area contributed by atoms with Crippen LogP contribution < -0.4 is 9.47 Å². The highest BCUT2D eigenvalue weighted by molar-refractivity contribution is 5.84. The second-order valence-corrected chi connectivity index (χ2v) is 10.3. The van der Waals surface area contributed by atoms with Gasteiger partial charge in [0.25, 0.3) is 0 Å². The predicted molar refractivity (Wildman–Crippen MR) is 119 cm³/mol. The lowest BCUT2D eigenvalue weighted by molar-refractivity contribution is 0.172. The third-order valence-electron chi connectivity index (χ3n) is 6.75. The molecule has 0 amide bonds. The van der Waals surface area contributed by atoms with Crippen LogP contribution in [0.1, 0.15) is 74.3 Å². The number of benzene rings is 2. The van der Waals surface area contributed by atoms with Gasteiger partial charge in [0.2, 0.25) is 0 Å². The Kier molecular flexibility index (Phi) is 4.84. The van der Waals surface area contributed by atoms with Crippen LogP contribution >= 0.6 is 0 Å². The summed E-state index contributed by atoms with van der Waals surface area (Å²) in [5.74, 6) is 1.99. The Morgan fingerprint density at radius 3 is 2.17 bits per heavy atom. The first kappa shape index (κ1) is 19.0. The van der Waals surface area contributed by atoms with Crippen molar-refractivity contribution in [3.8, 4) is 22.6 Å². The summed E-state index contributed by atoms with van der Waals surface area (Å²) in [5, 5.41) is 0. The van der Waals surface area contributed by atoms with Crippen molar-refractivity contribution in [2.24, 2.45) is 5.41 Å². The van der Waals surface area contributed by atoms with Crippen LogP contribution in [0.25, 0.3) is 11.1 Å². The fourth-order valence-electron chi connectivity index (χ4n) is 5.57. The van der Waals surface area contributed by atoms with E-state index in [0.717, 1.165) is 17.9 Å². The third kappa shape index (κ3) is 3.56. The van der Waals surface area contributed by atoms with Crippen molar-refractivity contribution in [3.05, 3.63) is 46.0 Å². The maximum absolute atomic E-state index is 6.33. The zero-order chi connectivity index (χ0) is 20.0. The third-order valence-corrected chi connectivity index (χ3v) is 6.75. The summed E-state index contributed by atoms with van der Waals surface area (Å²) in [6, 6.07) is 7.12. The number of hydrogen-bond donors (Lipinski definition) is 0. The normalized spacial score (nSPS) is 18.2. The highest BCUT2D eigenvalue weighted by atomic mass is 16.6. The van der Waals surface area contributed by atoms with E-state index in [0.29, 0.717) is 13.2 Å². The fourth-order valence-corrected chi connectivity index (χ4v) is 5.57. The Hall–Kier alpha value is -1.96. The number of ether oxygens (including phenoxy) is 2. The Bertz CT molecular complexity index is 899. The highest BCUT2D eigenvalue weighted by Crippen LogP contribution is 2.50. The molecule has 2 heteroatoms. The van der Waals surface area contributed by atoms with E-state index in [2.05, 4.69) is 39.0 Å². The van der Waals surface area contributed by atoms with E-state index < -0.39 is 0 Å². The molecule has 3 aliphatic rings. The first-order chi connectivity index (χ1) is 14.0. The van der Waals surface area contributed by atoms with E-state index in [-0.39, 0.29) is 5.41 Å².